The van der Waals surface area contributed by atoms with E-state index in [9.17, 15) is 4.79 Å². The van der Waals surface area contributed by atoms with Crippen LogP contribution in [0, 0.1) is 6.92 Å². The number of hydrogen-bond donors (Lipinski definition) is 1. The first-order valence-corrected chi connectivity index (χ1v) is 5.86. The fourth-order valence-electron chi connectivity index (χ4n) is 2.21. The molecule has 3 rings (SSSR count). The van der Waals surface area contributed by atoms with Crippen LogP contribution in [-0.2, 0) is 0 Å². The number of carbonyl (C=O) groups excluding carboxylic acids is 1. The van der Waals surface area contributed by atoms with Crippen LogP contribution in [0.1, 0.15) is 28.0 Å². The number of carbonyl (C=O) groups is 1. The summed E-state index contributed by atoms with van der Waals surface area (Å²) < 4.78 is 5.60. The standard InChI is InChI=1S/C14H14N2O2/c1-9-7-8-12(18-9)13-15-11-6-4-3-5-10(11)14(17)16(13)2/h3-8,13,15H,1-2H3/t13-/m1/s1. The van der Waals surface area contributed by atoms with Crippen molar-refractivity contribution in [1.29, 1.82) is 0 Å². The fraction of sp³-hybridized carbons (Fsp3) is 0.214. The third-order valence-electron chi connectivity index (χ3n) is 3.19. The smallest absolute Gasteiger partial charge is 0.257 e. The van der Waals surface area contributed by atoms with Crippen LogP contribution in [0.5, 0.6) is 0 Å². The van der Waals surface area contributed by atoms with Crippen LogP contribution in [0.25, 0.3) is 0 Å². The number of fused-ring (bicyclic) bond motifs is 1. The van der Waals surface area contributed by atoms with Crippen molar-refractivity contribution in [1.82, 2.24) is 4.90 Å². The predicted octanol–water partition coefficient (Wildman–Crippen LogP) is 2.78. The van der Waals surface area contributed by atoms with E-state index in [1.807, 2.05) is 43.3 Å². The first-order valence-electron chi connectivity index (χ1n) is 5.86. The molecule has 0 radical (unpaired) electrons. The molecule has 18 heavy (non-hydrogen) atoms. The summed E-state index contributed by atoms with van der Waals surface area (Å²) in [6.45, 7) is 1.89. The zero-order chi connectivity index (χ0) is 12.7. The second-order valence-electron chi connectivity index (χ2n) is 4.46. The average molecular weight is 242 g/mol. The minimum atomic E-state index is -0.249. The van der Waals surface area contributed by atoms with Gasteiger partial charge in [-0.2, -0.15) is 0 Å². The fourth-order valence-corrected chi connectivity index (χ4v) is 2.21. The Labute approximate surface area is 105 Å². The summed E-state index contributed by atoms with van der Waals surface area (Å²) in [7, 11) is 1.77. The highest BCUT2D eigenvalue weighted by molar-refractivity contribution is 6.01. The number of aryl methyl sites for hydroxylation is 1. The first-order chi connectivity index (χ1) is 8.66. The van der Waals surface area contributed by atoms with Crippen molar-refractivity contribution in [3.05, 3.63) is 53.5 Å². The number of anilines is 1. The molecule has 1 atom stereocenters. The Morgan fingerprint density at radius 2 is 2.00 bits per heavy atom. The van der Waals surface area contributed by atoms with Gasteiger partial charge in [0.2, 0.25) is 0 Å². The maximum Gasteiger partial charge on any atom is 0.257 e. The Kier molecular flexibility index (Phi) is 2.37. The van der Waals surface area contributed by atoms with Crippen molar-refractivity contribution in [2.45, 2.75) is 13.1 Å². The molecule has 92 valence electrons. The highest BCUT2D eigenvalue weighted by atomic mass is 16.3. The number of furan rings is 1. The molecule has 0 fully saturated rings. The van der Waals surface area contributed by atoms with E-state index in [0.717, 1.165) is 17.2 Å². The Morgan fingerprint density at radius 3 is 2.72 bits per heavy atom. The van der Waals surface area contributed by atoms with Crippen molar-refractivity contribution in [2.24, 2.45) is 0 Å². The van der Waals surface area contributed by atoms with Crippen LogP contribution in [0.15, 0.2) is 40.8 Å². The van der Waals surface area contributed by atoms with E-state index in [1.165, 1.54) is 0 Å². The van der Waals surface area contributed by atoms with E-state index >= 15 is 0 Å². The monoisotopic (exact) mass is 242 g/mol. The summed E-state index contributed by atoms with van der Waals surface area (Å²) in [5.41, 5.74) is 1.54. The van der Waals surface area contributed by atoms with Gasteiger partial charge < -0.3 is 14.6 Å². The van der Waals surface area contributed by atoms with Gasteiger partial charge in [-0.05, 0) is 31.2 Å². The molecule has 4 nitrogen and oxygen atoms in total. The summed E-state index contributed by atoms with van der Waals surface area (Å²) in [6.07, 6.45) is -0.249. The lowest BCUT2D eigenvalue weighted by atomic mass is 10.1. The van der Waals surface area contributed by atoms with Gasteiger partial charge in [-0.15, -0.1) is 0 Å². The van der Waals surface area contributed by atoms with Gasteiger partial charge in [-0.3, -0.25) is 4.79 Å². The number of benzene rings is 1. The summed E-state index contributed by atoms with van der Waals surface area (Å²) in [5, 5.41) is 3.32. The molecule has 0 bridgehead atoms. The maximum absolute atomic E-state index is 12.3. The minimum Gasteiger partial charge on any atom is -0.462 e. The molecule has 1 aliphatic heterocycles. The van der Waals surface area contributed by atoms with Crippen molar-refractivity contribution in [3.8, 4) is 0 Å². The van der Waals surface area contributed by atoms with Crippen LogP contribution in [0.4, 0.5) is 5.69 Å². The largest absolute Gasteiger partial charge is 0.462 e. The molecule has 0 spiro atoms. The van der Waals surface area contributed by atoms with Crippen molar-refractivity contribution < 1.29 is 9.21 Å². The molecule has 1 aromatic heterocycles. The summed E-state index contributed by atoms with van der Waals surface area (Å²) in [4.78, 5) is 13.9. The van der Waals surface area contributed by atoms with Crippen molar-refractivity contribution in [3.63, 3.8) is 0 Å². The quantitative estimate of drug-likeness (QED) is 0.836. The van der Waals surface area contributed by atoms with Gasteiger partial charge in [0.15, 0.2) is 6.17 Å². The number of hydrogen-bond acceptors (Lipinski definition) is 3. The van der Waals surface area contributed by atoms with Crippen LogP contribution < -0.4 is 5.32 Å². The van der Waals surface area contributed by atoms with Gasteiger partial charge in [-0.25, -0.2) is 0 Å². The lowest BCUT2D eigenvalue weighted by Crippen LogP contribution is -2.39. The number of nitrogens with zero attached hydrogens (tertiary/aromatic N) is 1. The molecule has 2 aromatic rings. The van der Waals surface area contributed by atoms with E-state index in [4.69, 9.17) is 4.42 Å². The lowest BCUT2D eigenvalue weighted by Gasteiger charge is -2.33. The summed E-state index contributed by atoms with van der Waals surface area (Å²) in [6, 6.07) is 11.3. The molecule has 1 N–H and O–H groups in total. The maximum atomic E-state index is 12.3. The Morgan fingerprint density at radius 1 is 1.22 bits per heavy atom. The number of nitrogens with one attached hydrogen (secondary N) is 1. The molecule has 0 unspecified atom stereocenters. The average Bonchev–Trinajstić information content (AvgIpc) is 2.80. The highest BCUT2D eigenvalue weighted by Gasteiger charge is 2.31. The Bertz CT molecular complexity index is 603. The molecule has 0 saturated carbocycles. The van der Waals surface area contributed by atoms with E-state index in [0.29, 0.717) is 5.56 Å². The summed E-state index contributed by atoms with van der Waals surface area (Å²) >= 11 is 0. The van der Waals surface area contributed by atoms with Gasteiger partial charge in [0.25, 0.3) is 5.91 Å². The Hall–Kier alpha value is -2.23. The number of rotatable bonds is 1. The second kappa shape index (κ2) is 3.91. The van der Waals surface area contributed by atoms with Crippen molar-refractivity contribution in [2.75, 3.05) is 12.4 Å². The number of para-hydroxylation sites is 1. The number of amides is 1. The molecule has 1 amide bonds. The molecule has 0 aliphatic carbocycles. The zero-order valence-electron chi connectivity index (χ0n) is 10.3. The SMILES string of the molecule is Cc1ccc([C@@H]2Nc3ccccc3C(=O)N2C)o1. The zero-order valence-corrected chi connectivity index (χ0v) is 10.3. The Balaban J connectivity index is 2.03. The van der Waals surface area contributed by atoms with E-state index in [2.05, 4.69) is 5.32 Å². The van der Waals surface area contributed by atoms with Crippen LogP contribution in [0.3, 0.4) is 0 Å². The van der Waals surface area contributed by atoms with Gasteiger partial charge in [0.05, 0.1) is 5.56 Å². The normalized spacial score (nSPS) is 18.4. The van der Waals surface area contributed by atoms with E-state index in [1.54, 1.807) is 11.9 Å². The minimum absolute atomic E-state index is 0.00315. The molecular weight excluding hydrogens is 228 g/mol. The van der Waals surface area contributed by atoms with Crippen LogP contribution in [0.2, 0.25) is 0 Å². The third kappa shape index (κ3) is 1.57. The van der Waals surface area contributed by atoms with Gasteiger partial charge in [-0.1, -0.05) is 12.1 Å². The molecule has 1 aromatic carbocycles. The topological polar surface area (TPSA) is 45.5 Å². The van der Waals surface area contributed by atoms with E-state index in [-0.39, 0.29) is 12.1 Å². The second-order valence-corrected chi connectivity index (χ2v) is 4.46. The molecular formula is C14H14N2O2. The van der Waals surface area contributed by atoms with Gasteiger partial charge in [0, 0.05) is 12.7 Å². The first kappa shape index (κ1) is 10.9. The van der Waals surface area contributed by atoms with Gasteiger partial charge in [0.1, 0.15) is 11.5 Å². The van der Waals surface area contributed by atoms with Crippen molar-refractivity contribution >= 4 is 11.6 Å². The van der Waals surface area contributed by atoms with Gasteiger partial charge >= 0.3 is 0 Å². The van der Waals surface area contributed by atoms with E-state index < -0.39 is 0 Å². The molecule has 1 aliphatic rings. The molecule has 2 heterocycles. The molecule has 4 heteroatoms. The van der Waals surface area contributed by atoms with Crippen LogP contribution >= 0.6 is 0 Å². The lowest BCUT2D eigenvalue weighted by molar-refractivity contribution is 0.0718. The third-order valence-corrected chi connectivity index (χ3v) is 3.19. The van der Waals surface area contributed by atoms with Crippen LogP contribution in [-0.4, -0.2) is 17.9 Å². The predicted molar refractivity (Wildman–Crippen MR) is 68.3 cm³/mol. The highest BCUT2D eigenvalue weighted by Crippen LogP contribution is 2.32. The summed E-state index contributed by atoms with van der Waals surface area (Å²) in [5.74, 6) is 1.59. The molecule has 0 saturated heterocycles.